The van der Waals surface area contributed by atoms with Crippen LogP contribution in [0.2, 0.25) is 5.02 Å². The maximum absolute atomic E-state index is 12.7. The van der Waals surface area contributed by atoms with Gasteiger partial charge in [-0.1, -0.05) is 23.7 Å². The second kappa shape index (κ2) is 7.79. The number of aliphatic carboxylic acids is 1. The van der Waals surface area contributed by atoms with Gasteiger partial charge in [0, 0.05) is 17.1 Å². The molecule has 0 radical (unpaired) electrons. The second-order valence-electron chi connectivity index (χ2n) is 6.41. The van der Waals surface area contributed by atoms with Crippen molar-refractivity contribution in [1.82, 2.24) is 0 Å². The highest BCUT2D eigenvalue weighted by Crippen LogP contribution is 2.49. The van der Waals surface area contributed by atoms with Gasteiger partial charge in [-0.25, -0.2) is 0 Å². The second-order valence-corrected chi connectivity index (χ2v) is 6.85. The smallest absolute Gasteiger partial charge is 0.303 e. The van der Waals surface area contributed by atoms with Crippen LogP contribution in [-0.2, 0) is 15.0 Å². The third-order valence-electron chi connectivity index (χ3n) is 4.50. The van der Waals surface area contributed by atoms with E-state index in [9.17, 15) is 9.59 Å². The van der Waals surface area contributed by atoms with Gasteiger partial charge in [0.2, 0.25) is 5.91 Å². The summed E-state index contributed by atoms with van der Waals surface area (Å²) in [4.78, 5) is 23.2. The average molecular weight is 374 g/mol. The number of amides is 1. The SMILES string of the molecule is O=C(O)CCCOc1ccc(NC(=O)C2(c3ccc(Cl)cc3)CC2)cc1. The Hall–Kier alpha value is -2.53. The fourth-order valence-electron chi connectivity index (χ4n) is 2.84. The molecule has 1 saturated carbocycles. The van der Waals surface area contributed by atoms with Gasteiger partial charge in [0.25, 0.3) is 0 Å². The fraction of sp³-hybridized carbons (Fsp3) is 0.300. The molecule has 1 aliphatic carbocycles. The Bertz CT molecular complexity index is 782. The van der Waals surface area contributed by atoms with Crippen LogP contribution in [0.4, 0.5) is 5.69 Å². The molecule has 2 aromatic carbocycles. The van der Waals surface area contributed by atoms with E-state index in [0.29, 0.717) is 29.5 Å². The third kappa shape index (κ3) is 4.35. The number of carboxylic acid groups (broad SMARTS) is 1. The number of ether oxygens (including phenoxy) is 1. The summed E-state index contributed by atoms with van der Waals surface area (Å²) in [6.07, 6.45) is 2.19. The summed E-state index contributed by atoms with van der Waals surface area (Å²) in [7, 11) is 0. The zero-order valence-corrected chi connectivity index (χ0v) is 15.0. The fourth-order valence-corrected chi connectivity index (χ4v) is 2.97. The van der Waals surface area contributed by atoms with Gasteiger partial charge in [-0.2, -0.15) is 0 Å². The molecule has 0 atom stereocenters. The quantitative estimate of drug-likeness (QED) is 0.678. The predicted octanol–water partition coefficient (Wildman–Crippen LogP) is 4.25. The molecule has 6 heteroatoms. The lowest BCUT2D eigenvalue weighted by Gasteiger charge is -2.16. The van der Waals surface area contributed by atoms with Gasteiger partial charge in [0.15, 0.2) is 0 Å². The summed E-state index contributed by atoms with van der Waals surface area (Å²) < 4.78 is 5.49. The first kappa shape index (κ1) is 18.3. The molecule has 136 valence electrons. The number of nitrogens with one attached hydrogen (secondary N) is 1. The van der Waals surface area contributed by atoms with E-state index in [1.165, 1.54) is 0 Å². The van der Waals surface area contributed by atoms with Crippen LogP contribution < -0.4 is 10.1 Å². The zero-order chi connectivity index (χ0) is 18.6. The topological polar surface area (TPSA) is 75.6 Å². The van der Waals surface area contributed by atoms with Crippen LogP contribution in [-0.4, -0.2) is 23.6 Å². The molecule has 0 saturated heterocycles. The molecule has 0 unspecified atom stereocenters. The van der Waals surface area contributed by atoms with E-state index in [1.54, 1.807) is 36.4 Å². The van der Waals surface area contributed by atoms with E-state index < -0.39 is 11.4 Å². The number of anilines is 1. The zero-order valence-electron chi connectivity index (χ0n) is 14.2. The van der Waals surface area contributed by atoms with Crippen molar-refractivity contribution in [3.8, 4) is 5.75 Å². The first-order valence-corrected chi connectivity index (χ1v) is 8.89. The van der Waals surface area contributed by atoms with Gasteiger partial charge < -0.3 is 15.2 Å². The molecule has 1 fully saturated rings. The molecule has 0 spiro atoms. The average Bonchev–Trinajstić information content (AvgIpc) is 3.42. The van der Waals surface area contributed by atoms with Gasteiger partial charge in [-0.05, 0) is 61.2 Å². The Morgan fingerprint density at radius 3 is 2.31 bits per heavy atom. The minimum absolute atomic E-state index is 0.0186. The molecule has 1 aliphatic rings. The van der Waals surface area contributed by atoms with Crippen molar-refractivity contribution in [3.05, 3.63) is 59.1 Å². The molecule has 26 heavy (non-hydrogen) atoms. The summed E-state index contributed by atoms with van der Waals surface area (Å²) in [6, 6.07) is 14.5. The van der Waals surface area contributed by atoms with Crippen molar-refractivity contribution in [1.29, 1.82) is 0 Å². The molecule has 5 nitrogen and oxygen atoms in total. The molecular formula is C20H20ClNO4. The lowest BCUT2D eigenvalue weighted by molar-refractivity contribution is -0.137. The van der Waals surface area contributed by atoms with Crippen molar-refractivity contribution in [2.75, 3.05) is 11.9 Å². The van der Waals surface area contributed by atoms with E-state index in [0.717, 1.165) is 18.4 Å². The number of carbonyl (C=O) groups excluding carboxylic acids is 1. The van der Waals surface area contributed by atoms with E-state index in [4.69, 9.17) is 21.4 Å². The third-order valence-corrected chi connectivity index (χ3v) is 4.75. The Morgan fingerprint density at radius 2 is 1.73 bits per heavy atom. The Balaban J connectivity index is 1.56. The van der Waals surface area contributed by atoms with Crippen LogP contribution in [0, 0.1) is 0 Å². The van der Waals surface area contributed by atoms with Crippen LogP contribution in [0.25, 0.3) is 0 Å². The summed E-state index contributed by atoms with van der Waals surface area (Å²) >= 11 is 5.93. The number of halogens is 1. The molecular weight excluding hydrogens is 354 g/mol. The lowest BCUT2D eigenvalue weighted by atomic mass is 9.95. The summed E-state index contributed by atoms with van der Waals surface area (Å²) in [5, 5.41) is 12.2. The van der Waals surface area contributed by atoms with Crippen molar-refractivity contribution in [3.63, 3.8) is 0 Å². The molecule has 2 aromatic rings. The highest BCUT2D eigenvalue weighted by molar-refractivity contribution is 6.30. The van der Waals surface area contributed by atoms with Gasteiger partial charge in [0.1, 0.15) is 5.75 Å². The van der Waals surface area contributed by atoms with Crippen molar-refractivity contribution < 1.29 is 19.4 Å². The van der Waals surface area contributed by atoms with E-state index in [2.05, 4.69) is 5.32 Å². The largest absolute Gasteiger partial charge is 0.494 e. The minimum Gasteiger partial charge on any atom is -0.494 e. The van der Waals surface area contributed by atoms with Gasteiger partial charge in [-0.15, -0.1) is 0 Å². The van der Waals surface area contributed by atoms with Gasteiger partial charge >= 0.3 is 5.97 Å². The normalized spacial score (nSPS) is 14.5. The Labute approximate surface area is 156 Å². The van der Waals surface area contributed by atoms with E-state index in [1.807, 2.05) is 12.1 Å². The van der Waals surface area contributed by atoms with Crippen molar-refractivity contribution in [2.24, 2.45) is 0 Å². The molecule has 1 amide bonds. The van der Waals surface area contributed by atoms with Crippen LogP contribution in [0.15, 0.2) is 48.5 Å². The monoisotopic (exact) mass is 373 g/mol. The maximum atomic E-state index is 12.7. The van der Waals surface area contributed by atoms with Crippen LogP contribution in [0.5, 0.6) is 5.75 Å². The van der Waals surface area contributed by atoms with Crippen molar-refractivity contribution >= 4 is 29.2 Å². The highest BCUT2D eigenvalue weighted by Gasteiger charge is 2.51. The van der Waals surface area contributed by atoms with Gasteiger partial charge in [-0.3, -0.25) is 9.59 Å². The standard InChI is InChI=1S/C20H20ClNO4/c21-15-5-3-14(4-6-15)20(11-12-20)19(25)22-16-7-9-17(10-8-16)26-13-1-2-18(23)24/h3-10H,1-2,11-13H2,(H,22,25)(H,23,24). The van der Waals surface area contributed by atoms with E-state index in [-0.39, 0.29) is 12.3 Å². The van der Waals surface area contributed by atoms with E-state index >= 15 is 0 Å². The number of carbonyl (C=O) groups is 2. The van der Waals surface area contributed by atoms with Crippen LogP contribution >= 0.6 is 11.6 Å². The minimum atomic E-state index is -0.832. The number of rotatable bonds is 8. The number of hydrogen-bond acceptors (Lipinski definition) is 3. The number of benzene rings is 2. The first-order chi connectivity index (χ1) is 12.5. The molecule has 2 N–H and O–H groups in total. The lowest BCUT2D eigenvalue weighted by Crippen LogP contribution is -2.27. The van der Waals surface area contributed by atoms with Crippen molar-refractivity contribution in [2.45, 2.75) is 31.1 Å². The molecule has 0 aromatic heterocycles. The molecule has 0 aliphatic heterocycles. The first-order valence-electron chi connectivity index (χ1n) is 8.52. The predicted molar refractivity (Wildman–Crippen MR) is 99.8 cm³/mol. The molecule has 0 bridgehead atoms. The van der Waals surface area contributed by atoms with Crippen LogP contribution in [0.3, 0.4) is 0 Å². The Morgan fingerprint density at radius 1 is 1.08 bits per heavy atom. The van der Waals surface area contributed by atoms with Crippen LogP contribution in [0.1, 0.15) is 31.2 Å². The highest BCUT2D eigenvalue weighted by atomic mass is 35.5. The number of hydrogen-bond donors (Lipinski definition) is 2. The maximum Gasteiger partial charge on any atom is 0.303 e. The summed E-state index contributed by atoms with van der Waals surface area (Å²) in [5.74, 6) is -0.205. The summed E-state index contributed by atoms with van der Waals surface area (Å²) in [6.45, 7) is 0.345. The summed E-state index contributed by atoms with van der Waals surface area (Å²) in [5.41, 5.74) is 1.22. The Kier molecular flexibility index (Phi) is 5.47. The number of carboxylic acids is 1. The molecule has 3 rings (SSSR count). The van der Waals surface area contributed by atoms with Gasteiger partial charge in [0.05, 0.1) is 12.0 Å². The molecule has 0 heterocycles.